The number of aliphatic hydroxyl groups excluding tert-OH is 1. The molecule has 0 amide bonds. The zero-order valence-electron chi connectivity index (χ0n) is 12.2. The molecule has 2 aromatic carbocycles. The highest BCUT2D eigenvalue weighted by Crippen LogP contribution is 2.28. The molecule has 0 saturated heterocycles. The van der Waals surface area contributed by atoms with Crippen LogP contribution in [0.5, 0.6) is 5.75 Å². The number of nitrogens with zero attached hydrogens (tertiary/aromatic N) is 2. The van der Waals surface area contributed by atoms with E-state index in [1.54, 1.807) is 0 Å². The van der Waals surface area contributed by atoms with Gasteiger partial charge in [-0.15, -0.1) is 0 Å². The Morgan fingerprint density at radius 1 is 1.19 bits per heavy atom. The summed E-state index contributed by atoms with van der Waals surface area (Å²) in [5.41, 5.74) is 2.80. The zero-order valence-corrected chi connectivity index (χ0v) is 12.2. The lowest BCUT2D eigenvalue weighted by atomic mass is 10.0. The van der Waals surface area contributed by atoms with Gasteiger partial charge in [0.1, 0.15) is 12.4 Å². The van der Waals surface area contributed by atoms with Crippen molar-refractivity contribution < 1.29 is 9.84 Å². The minimum atomic E-state index is -0.0406. The van der Waals surface area contributed by atoms with Gasteiger partial charge < -0.3 is 9.84 Å². The van der Waals surface area contributed by atoms with E-state index < -0.39 is 0 Å². The highest BCUT2D eigenvalue weighted by molar-refractivity contribution is 5.87. The van der Waals surface area contributed by atoms with Gasteiger partial charge in [-0.1, -0.05) is 30.3 Å². The van der Waals surface area contributed by atoms with Crippen LogP contribution in [0, 0.1) is 6.92 Å². The molecular weight excluding hydrogens is 264 g/mol. The molecule has 1 heterocycles. The van der Waals surface area contributed by atoms with Gasteiger partial charge in [0.15, 0.2) is 0 Å². The van der Waals surface area contributed by atoms with Gasteiger partial charge in [-0.2, -0.15) is 5.10 Å². The van der Waals surface area contributed by atoms with Crippen LogP contribution in [-0.4, -0.2) is 14.9 Å². The van der Waals surface area contributed by atoms with Gasteiger partial charge in [0.25, 0.3) is 0 Å². The van der Waals surface area contributed by atoms with E-state index in [0.717, 1.165) is 33.5 Å². The SMILES string of the molecule is Cc1cc(COc2ccc3ccccc3c2CO)n(C)n1. The first-order valence-electron chi connectivity index (χ1n) is 6.93. The fourth-order valence-corrected chi connectivity index (χ4v) is 2.57. The smallest absolute Gasteiger partial charge is 0.130 e. The fraction of sp³-hybridized carbons (Fsp3) is 0.235. The predicted molar refractivity (Wildman–Crippen MR) is 82.1 cm³/mol. The van der Waals surface area contributed by atoms with E-state index in [9.17, 15) is 5.11 Å². The van der Waals surface area contributed by atoms with Crippen LogP contribution in [0.3, 0.4) is 0 Å². The molecule has 1 aromatic heterocycles. The molecule has 0 spiro atoms. The van der Waals surface area contributed by atoms with Crippen LogP contribution in [0.4, 0.5) is 0 Å². The number of rotatable bonds is 4. The lowest BCUT2D eigenvalue weighted by Crippen LogP contribution is -2.04. The van der Waals surface area contributed by atoms with Crippen LogP contribution in [-0.2, 0) is 20.3 Å². The molecule has 21 heavy (non-hydrogen) atoms. The second kappa shape index (κ2) is 5.58. The average molecular weight is 282 g/mol. The molecule has 4 nitrogen and oxygen atoms in total. The number of hydrogen-bond acceptors (Lipinski definition) is 3. The van der Waals surface area contributed by atoms with Crippen LogP contribution in [0.15, 0.2) is 42.5 Å². The Hall–Kier alpha value is -2.33. The summed E-state index contributed by atoms with van der Waals surface area (Å²) in [6.07, 6.45) is 0. The lowest BCUT2D eigenvalue weighted by molar-refractivity contribution is 0.257. The number of benzene rings is 2. The highest BCUT2D eigenvalue weighted by atomic mass is 16.5. The number of aryl methyl sites for hydroxylation is 2. The molecule has 0 saturated carbocycles. The Bertz CT molecular complexity index is 778. The first kappa shape index (κ1) is 13.6. The third-order valence-corrected chi connectivity index (χ3v) is 3.63. The van der Waals surface area contributed by atoms with E-state index in [4.69, 9.17) is 4.74 Å². The summed E-state index contributed by atoms with van der Waals surface area (Å²) in [5, 5.41) is 16.1. The molecule has 0 radical (unpaired) electrons. The van der Waals surface area contributed by atoms with E-state index in [-0.39, 0.29) is 6.61 Å². The van der Waals surface area contributed by atoms with Gasteiger partial charge in [0, 0.05) is 12.6 Å². The average Bonchev–Trinajstić information content (AvgIpc) is 2.82. The van der Waals surface area contributed by atoms with Crippen molar-refractivity contribution in [2.24, 2.45) is 7.05 Å². The number of aliphatic hydroxyl groups is 1. The number of fused-ring (bicyclic) bond motifs is 1. The second-order valence-corrected chi connectivity index (χ2v) is 5.11. The molecule has 0 aliphatic heterocycles. The van der Waals surface area contributed by atoms with E-state index in [2.05, 4.69) is 5.10 Å². The second-order valence-electron chi connectivity index (χ2n) is 5.11. The van der Waals surface area contributed by atoms with Crippen molar-refractivity contribution in [2.75, 3.05) is 0 Å². The normalized spacial score (nSPS) is 11.0. The molecular formula is C17H18N2O2. The van der Waals surface area contributed by atoms with Crippen LogP contribution in [0.25, 0.3) is 10.8 Å². The number of ether oxygens (including phenoxy) is 1. The third kappa shape index (κ3) is 2.62. The van der Waals surface area contributed by atoms with Gasteiger partial charge >= 0.3 is 0 Å². The molecule has 4 heteroatoms. The Labute approximate surface area is 123 Å². The Kier molecular flexibility index (Phi) is 3.62. The monoisotopic (exact) mass is 282 g/mol. The standard InChI is InChI=1S/C17H18N2O2/c1-12-9-14(19(2)18-12)11-21-17-8-7-13-5-3-4-6-15(13)16(17)10-20/h3-9,20H,10-11H2,1-2H3. The molecule has 0 aliphatic rings. The maximum atomic E-state index is 9.67. The van der Waals surface area contributed by atoms with E-state index in [1.165, 1.54) is 0 Å². The molecule has 0 unspecified atom stereocenters. The minimum Gasteiger partial charge on any atom is -0.487 e. The van der Waals surface area contributed by atoms with E-state index in [0.29, 0.717) is 6.61 Å². The summed E-state index contributed by atoms with van der Waals surface area (Å²) in [5.74, 6) is 0.718. The van der Waals surface area contributed by atoms with Gasteiger partial charge in [0.05, 0.1) is 18.0 Å². The molecule has 0 bridgehead atoms. The van der Waals surface area contributed by atoms with Gasteiger partial charge in [0.2, 0.25) is 0 Å². The Balaban J connectivity index is 1.91. The van der Waals surface area contributed by atoms with Crippen molar-refractivity contribution in [3.63, 3.8) is 0 Å². The maximum absolute atomic E-state index is 9.67. The predicted octanol–water partition coefficient (Wildman–Crippen LogP) is 2.95. The van der Waals surface area contributed by atoms with E-state index in [1.807, 2.05) is 61.1 Å². The minimum absolute atomic E-state index is 0.0406. The van der Waals surface area contributed by atoms with Gasteiger partial charge in [-0.3, -0.25) is 4.68 Å². The van der Waals surface area contributed by atoms with Gasteiger partial charge in [-0.05, 0) is 29.8 Å². The summed E-state index contributed by atoms with van der Waals surface area (Å²) < 4.78 is 7.71. The van der Waals surface area contributed by atoms with Gasteiger partial charge in [-0.25, -0.2) is 0 Å². The quantitative estimate of drug-likeness (QED) is 0.800. The lowest BCUT2D eigenvalue weighted by Gasteiger charge is -2.12. The van der Waals surface area contributed by atoms with Crippen molar-refractivity contribution in [2.45, 2.75) is 20.1 Å². The van der Waals surface area contributed by atoms with E-state index >= 15 is 0 Å². The van der Waals surface area contributed by atoms with Crippen LogP contribution in [0.2, 0.25) is 0 Å². The summed E-state index contributed by atoms with van der Waals surface area (Å²) in [4.78, 5) is 0. The molecule has 108 valence electrons. The van der Waals surface area contributed by atoms with Crippen molar-refractivity contribution in [3.05, 3.63) is 59.4 Å². The number of aromatic nitrogens is 2. The molecule has 1 N–H and O–H groups in total. The molecule has 0 aliphatic carbocycles. The first-order chi connectivity index (χ1) is 10.2. The van der Waals surface area contributed by atoms with Crippen molar-refractivity contribution >= 4 is 10.8 Å². The fourth-order valence-electron chi connectivity index (χ4n) is 2.57. The molecule has 3 rings (SSSR count). The largest absolute Gasteiger partial charge is 0.487 e. The summed E-state index contributed by atoms with van der Waals surface area (Å²) in [7, 11) is 1.90. The maximum Gasteiger partial charge on any atom is 0.130 e. The Morgan fingerprint density at radius 2 is 2.00 bits per heavy atom. The van der Waals surface area contributed by atoms with Crippen LogP contribution >= 0.6 is 0 Å². The summed E-state index contributed by atoms with van der Waals surface area (Å²) in [6.45, 7) is 2.35. The summed E-state index contributed by atoms with van der Waals surface area (Å²) in [6, 6.07) is 13.9. The van der Waals surface area contributed by atoms with Crippen molar-refractivity contribution in [1.29, 1.82) is 0 Å². The molecule has 0 atom stereocenters. The van der Waals surface area contributed by atoms with Crippen LogP contribution in [0.1, 0.15) is 17.0 Å². The zero-order chi connectivity index (χ0) is 14.8. The van der Waals surface area contributed by atoms with Crippen molar-refractivity contribution in [1.82, 2.24) is 9.78 Å². The highest BCUT2D eigenvalue weighted by Gasteiger charge is 2.09. The Morgan fingerprint density at radius 3 is 2.71 bits per heavy atom. The first-order valence-corrected chi connectivity index (χ1v) is 6.93. The summed E-state index contributed by atoms with van der Waals surface area (Å²) >= 11 is 0. The van der Waals surface area contributed by atoms with Crippen LogP contribution < -0.4 is 4.74 Å². The molecule has 0 fully saturated rings. The molecule has 3 aromatic rings. The topological polar surface area (TPSA) is 47.3 Å². The third-order valence-electron chi connectivity index (χ3n) is 3.63. The van der Waals surface area contributed by atoms with Crippen molar-refractivity contribution in [3.8, 4) is 5.75 Å². The number of hydrogen-bond donors (Lipinski definition) is 1.